The van der Waals surface area contributed by atoms with E-state index in [0.717, 1.165) is 15.2 Å². The molecule has 1 atom stereocenters. The van der Waals surface area contributed by atoms with Crippen LogP contribution in [0, 0.1) is 0 Å². The van der Waals surface area contributed by atoms with Crippen molar-refractivity contribution in [3.8, 4) is 0 Å². The van der Waals surface area contributed by atoms with Crippen LogP contribution in [0.25, 0.3) is 10.8 Å². The molecule has 58 valence electrons. The molecule has 0 radical (unpaired) electrons. The van der Waals surface area contributed by atoms with Gasteiger partial charge in [0.1, 0.15) is 0 Å². The van der Waals surface area contributed by atoms with Crippen LogP contribution in [0.5, 0.6) is 0 Å². The van der Waals surface area contributed by atoms with Crippen molar-refractivity contribution in [2.45, 2.75) is 9.79 Å². The van der Waals surface area contributed by atoms with Gasteiger partial charge in [-0.15, -0.1) is 0 Å². The van der Waals surface area contributed by atoms with Crippen LogP contribution in [0.4, 0.5) is 0 Å². The predicted octanol–water partition coefficient (Wildman–Crippen LogP) is 2.32. The molecule has 2 heteroatoms. The molecule has 0 saturated heterocycles. The third-order valence-corrected chi connectivity index (χ3v) is 3.53. The van der Waals surface area contributed by atoms with E-state index >= 15 is 0 Å². The largest absolute Gasteiger partial charge is 0.249 e. The van der Waals surface area contributed by atoms with Crippen LogP contribution in [-0.4, -0.2) is 4.21 Å². The summed E-state index contributed by atoms with van der Waals surface area (Å²) < 4.78 is 11.3. The molecule has 1 nitrogen and oxygen atoms in total. The van der Waals surface area contributed by atoms with Crippen LogP contribution in [0.1, 0.15) is 0 Å². The third kappa shape index (κ3) is 0.655. The first-order chi connectivity index (χ1) is 5.88. The van der Waals surface area contributed by atoms with E-state index in [0.29, 0.717) is 0 Å². The Labute approximate surface area is 72.5 Å². The molecule has 1 heterocycles. The van der Waals surface area contributed by atoms with Gasteiger partial charge in [0.15, 0.2) is 0 Å². The summed E-state index contributed by atoms with van der Waals surface area (Å²) in [6, 6.07) is 12.0. The molecule has 0 aromatic heterocycles. The van der Waals surface area contributed by atoms with Crippen molar-refractivity contribution >= 4 is 21.6 Å². The van der Waals surface area contributed by atoms with Gasteiger partial charge < -0.3 is 0 Å². The highest BCUT2D eigenvalue weighted by molar-refractivity contribution is 7.91. The van der Waals surface area contributed by atoms with Crippen molar-refractivity contribution in [1.29, 1.82) is 0 Å². The maximum Gasteiger partial charge on any atom is 0.0881 e. The van der Waals surface area contributed by atoms with E-state index in [4.69, 9.17) is 0 Å². The molecule has 0 fully saturated rings. The van der Waals surface area contributed by atoms with Crippen molar-refractivity contribution in [2.75, 3.05) is 0 Å². The van der Waals surface area contributed by atoms with E-state index in [1.165, 1.54) is 5.39 Å². The molecular formula is C10H6OS. The van der Waals surface area contributed by atoms with Gasteiger partial charge in [0.2, 0.25) is 0 Å². The number of hydrogen-bond donors (Lipinski definition) is 0. The Bertz CT molecular complexity index is 502. The number of rotatable bonds is 0. The lowest BCUT2D eigenvalue weighted by molar-refractivity contribution is 0.693. The fraction of sp³-hybridized carbons (Fsp3) is 0. The van der Waals surface area contributed by atoms with Crippen molar-refractivity contribution < 1.29 is 4.21 Å². The number of benzene rings is 2. The summed E-state index contributed by atoms with van der Waals surface area (Å²) in [5.74, 6) is 0. The Balaban J connectivity index is 2.54. The van der Waals surface area contributed by atoms with Crippen LogP contribution in [0.2, 0.25) is 0 Å². The highest BCUT2D eigenvalue weighted by Gasteiger charge is 2.30. The number of hydrogen-bond acceptors (Lipinski definition) is 1. The molecule has 1 unspecified atom stereocenters. The van der Waals surface area contributed by atoms with E-state index in [2.05, 4.69) is 0 Å². The van der Waals surface area contributed by atoms with Gasteiger partial charge in [0, 0.05) is 0 Å². The van der Waals surface area contributed by atoms with Crippen LogP contribution in [-0.2, 0) is 10.8 Å². The van der Waals surface area contributed by atoms with Crippen molar-refractivity contribution in [3.63, 3.8) is 0 Å². The fourth-order valence-electron chi connectivity index (χ4n) is 1.53. The second-order valence-corrected chi connectivity index (χ2v) is 4.27. The Morgan fingerprint density at radius 2 is 1.83 bits per heavy atom. The highest BCUT2D eigenvalue weighted by atomic mass is 32.2. The number of fused-ring (bicyclic) bond motifs is 3. The highest BCUT2D eigenvalue weighted by Crippen LogP contribution is 2.41. The summed E-state index contributed by atoms with van der Waals surface area (Å²) >= 11 is 0. The molecule has 0 spiro atoms. The normalized spacial score (nSPS) is 19.2. The molecule has 0 bridgehead atoms. The van der Waals surface area contributed by atoms with Gasteiger partial charge >= 0.3 is 0 Å². The summed E-state index contributed by atoms with van der Waals surface area (Å²) in [5.41, 5.74) is 0. The molecule has 0 N–H and O–H groups in total. The molecular weight excluding hydrogens is 168 g/mol. The van der Waals surface area contributed by atoms with Gasteiger partial charge in [-0.1, -0.05) is 30.3 Å². The SMILES string of the molecule is O=S1c2ccc3ccccc3c21. The van der Waals surface area contributed by atoms with Gasteiger partial charge in [-0.05, 0) is 16.8 Å². The van der Waals surface area contributed by atoms with E-state index in [-0.39, 0.29) is 0 Å². The predicted molar refractivity (Wildman–Crippen MR) is 48.6 cm³/mol. The molecule has 2 aromatic carbocycles. The maximum atomic E-state index is 11.3. The van der Waals surface area contributed by atoms with E-state index in [1.54, 1.807) is 0 Å². The molecule has 0 saturated carbocycles. The van der Waals surface area contributed by atoms with Gasteiger partial charge in [-0.25, -0.2) is 4.21 Å². The zero-order valence-corrected chi connectivity index (χ0v) is 7.10. The van der Waals surface area contributed by atoms with Crippen LogP contribution >= 0.6 is 0 Å². The van der Waals surface area contributed by atoms with E-state index < -0.39 is 10.8 Å². The zero-order chi connectivity index (χ0) is 8.13. The topological polar surface area (TPSA) is 17.1 Å². The van der Waals surface area contributed by atoms with Crippen LogP contribution in [0.15, 0.2) is 46.2 Å². The molecule has 0 amide bonds. The third-order valence-electron chi connectivity index (χ3n) is 2.19. The molecule has 1 aliphatic rings. The standard InChI is InChI=1S/C10H6OS/c11-12-9-6-5-7-3-1-2-4-8(7)10(9)12/h1-6H. The van der Waals surface area contributed by atoms with E-state index in [1.807, 2.05) is 36.4 Å². The minimum atomic E-state index is -0.789. The quantitative estimate of drug-likeness (QED) is 0.478. The van der Waals surface area contributed by atoms with Gasteiger partial charge in [-0.2, -0.15) is 0 Å². The second-order valence-electron chi connectivity index (χ2n) is 2.88. The smallest absolute Gasteiger partial charge is 0.0881 e. The lowest BCUT2D eigenvalue weighted by atomic mass is 10.1. The first kappa shape index (κ1) is 6.38. The minimum absolute atomic E-state index is 0.789. The summed E-state index contributed by atoms with van der Waals surface area (Å²) in [4.78, 5) is 2.04. The average molecular weight is 174 g/mol. The molecule has 0 aliphatic carbocycles. The van der Waals surface area contributed by atoms with Gasteiger partial charge in [0.05, 0.1) is 20.6 Å². The van der Waals surface area contributed by atoms with Gasteiger partial charge in [0.25, 0.3) is 0 Å². The van der Waals surface area contributed by atoms with Crippen molar-refractivity contribution in [3.05, 3.63) is 36.4 Å². The second kappa shape index (κ2) is 1.96. The molecule has 3 rings (SSSR count). The lowest BCUT2D eigenvalue weighted by Crippen LogP contribution is -1.67. The summed E-state index contributed by atoms with van der Waals surface area (Å²) in [6.07, 6.45) is 0. The maximum absolute atomic E-state index is 11.3. The first-order valence-electron chi connectivity index (χ1n) is 3.81. The summed E-state index contributed by atoms with van der Waals surface area (Å²) in [7, 11) is -0.789. The monoisotopic (exact) mass is 174 g/mol. The Morgan fingerprint density at radius 3 is 2.75 bits per heavy atom. The molecule has 1 aliphatic heterocycles. The fourth-order valence-corrected chi connectivity index (χ4v) is 2.68. The summed E-state index contributed by atoms with van der Waals surface area (Å²) in [6.45, 7) is 0. The Kier molecular flexibility index (Phi) is 1.04. The van der Waals surface area contributed by atoms with Crippen LogP contribution < -0.4 is 0 Å². The molecule has 2 aromatic rings. The molecule has 12 heavy (non-hydrogen) atoms. The van der Waals surface area contributed by atoms with Crippen molar-refractivity contribution in [1.82, 2.24) is 0 Å². The summed E-state index contributed by atoms with van der Waals surface area (Å²) in [5, 5.41) is 2.33. The lowest BCUT2D eigenvalue weighted by Gasteiger charge is -1.90. The van der Waals surface area contributed by atoms with Gasteiger partial charge in [-0.3, -0.25) is 0 Å². The van der Waals surface area contributed by atoms with Crippen LogP contribution in [0.3, 0.4) is 0 Å². The Morgan fingerprint density at radius 1 is 1.00 bits per heavy atom. The van der Waals surface area contributed by atoms with E-state index in [9.17, 15) is 4.21 Å². The Hall–Kier alpha value is -1.15. The first-order valence-corrected chi connectivity index (χ1v) is 4.96. The average Bonchev–Trinajstić information content (AvgIpc) is 2.78. The minimum Gasteiger partial charge on any atom is -0.249 e. The van der Waals surface area contributed by atoms with Crippen molar-refractivity contribution in [2.24, 2.45) is 0 Å². The zero-order valence-electron chi connectivity index (χ0n) is 6.28.